The van der Waals surface area contributed by atoms with Crippen LogP contribution in [0.3, 0.4) is 0 Å². The summed E-state index contributed by atoms with van der Waals surface area (Å²) in [6.07, 6.45) is 6.75. The van der Waals surface area contributed by atoms with Gasteiger partial charge in [0.2, 0.25) is 0 Å². The molecule has 0 fully saturated rings. The predicted molar refractivity (Wildman–Crippen MR) is 113 cm³/mol. The molecule has 0 N–H and O–H groups in total. The van der Waals surface area contributed by atoms with Gasteiger partial charge < -0.3 is 0 Å². The van der Waals surface area contributed by atoms with Gasteiger partial charge in [-0.25, -0.2) is 14.5 Å². The van der Waals surface area contributed by atoms with E-state index >= 15 is 0 Å². The third-order valence-corrected chi connectivity index (χ3v) is 7.33. The first-order valence-electron chi connectivity index (χ1n) is 10.3. The minimum Gasteiger partial charge on any atom is -0.269 e. The number of aromatic nitrogens is 4. The van der Waals surface area contributed by atoms with Gasteiger partial charge in [0.1, 0.15) is 17.2 Å². The molecule has 0 bridgehead atoms. The molecular weight excluding hydrogens is 398 g/mol. The van der Waals surface area contributed by atoms with E-state index in [4.69, 9.17) is 4.98 Å². The number of aryl methyl sites for hydroxylation is 2. The standard InChI is InChI=1S/C22H19N5O2S/c1-2-15(27-21(28)12-7-3-4-8-13(12)22(27)29)18-24-19-17-14-9-5-6-10-16(14)30-20(17)23-11-26(19)25-18/h3-4,7-8,11,15H,2,5-6,9-10H2,1H3/t15-/m0/s1. The second-order valence-corrected chi connectivity index (χ2v) is 8.91. The first-order chi connectivity index (χ1) is 14.7. The Kier molecular flexibility index (Phi) is 3.80. The van der Waals surface area contributed by atoms with E-state index in [2.05, 4.69) is 10.1 Å². The smallest absolute Gasteiger partial charge is 0.262 e. The summed E-state index contributed by atoms with van der Waals surface area (Å²) in [5.74, 6) is -0.0768. The van der Waals surface area contributed by atoms with E-state index in [0.29, 0.717) is 23.4 Å². The van der Waals surface area contributed by atoms with E-state index in [9.17, 15) is 9.59 Å². The van der Waals surface area contributed by atoms with Gasteiger partial charge in [-0.1, -0.05) is 19.1 Å². The molecular formula is C22H19N5O2S. The Bertz CT molecular complexity index is 1320. The lowest BCUT2D eigenvalue weighted by atomic mass is 9.97. The molecule has 0 spiro atoms. The van der Waals surface area contributed by atoms with E-state index in [-0.39, 0.29) is 11.8 Å². The highest BCUT2D eigenvalue weighted by Gasteiger charge is 2.41. The summed E-state index contributed by atoms with van der Waals surface area (Å²) in [7, 11) is 0. The van der Waals surface area contributed by atoms with Crippen LogP contribution in [-0.4, -0.2) is 36.3 Å². The maximum atomic E-state index is 13.0. The maximum absolute atomic E-state index is 13.0. The van der Waals surface area contributed by atoms with E-state index in [1.54, 1.807) is 46.4 Å². The van der Waals surface area contributed by atoms with E-state index in [1.807, 2.05) is 6.92 Å². The minimum absolute atomic E-state index is 0.280. The molecule has 3 aromatic heterocycles. The van der Waals surface area contributed by atoms with E-state index in [1.165, 1.54) is 28.2 Å². The molecule has 7 nitrogen and oxygen atoms in total. The molecule has 4 heterocycles. The Morgan fingerprint density at radius 1 is 1.10 bits per heavy atom. The molecule has 4 aromatic rings. The highest BCUT2D eigenvalue weighted by Crippen LogP contribution is 2.38. The average molecular weight is 417 g/mol. The number of rotatable bonds is 3. The van der Waals surface area contributed by atoms with Crippen LogP contribution in [0, 0.1) is 0 Å². The number of nitrogens with zero attached hydrogens (tertiary/aromatic N) is 5. The number of thiophene rings is 1. The van der Waals surface area contributed by atoms with Crippen molar-refractivity contribution < 1.29 is 9.59 Å². The van der Waals surface area contributed by atoms with Crippen molar-refractivity contribution in [2.24, 2.45) is 0 Å². The number of benzene rings is 1. The van der Waals surface area contributed by atoms with Gasteiger partial charge in [-0.3, -0.25) is 14.5 Å². The fourth-order valence-electron chi connectivity index (χ4n) is 4.68. The van der Waals surface area contributed by atoms with Gasteiger partial charge in [-0.05, 0) is 49.8 Å². The highest BCUT2D eigenvalue weighted by molar-refractivity contribution is 7.19. The number of imide groups is 1. The Morgan fingerprint density at radius 3 is 2.57 bits per heavy atom. The summed E-state index contributed by atoms with van der Waals surface area (Å²) in [6.45, 7) is 1.94. The van der Waals surface area contributed by atoms with Crippen molar-refractivity contribution in [3.05, 3.63) is 58.0 Å². The first-order valence-corrected chi connectivity index (χ1v) is 11.1. The van der Waals surface area contributed by atoms with Crippen molar-refractivity contribution >= 4 is 39.0 Å². The molecule has 0 saturated carbocycles. The van der Waals surface area contributed by atoms with Crippen LogP contribution in [0.25, 0.3) is 15.9 Å². The van der Waals surface area contributed by atoms with Crippen molar-refractivity contribution in [1.82, 2.24) is 24.5 Å². The molecule has 8 heteroatoms. The second kappa shape index (κ2) is 6.43. The zero-order valence-corrected chi connectivity index (χ0v) is 17.3. The molecule has 30 heavy (non-hydrogen) atoms. The highest BCUT2D eigenvalue weighted by atomic mass is 32.1. The van der Waals surface area contributed by atoms with Crippen LogP contribution in [0.15, 0.2) is 30.6 Å². The van der Waals surface area contributed by atoms with Gasteiger partial charge >= 0.3 is 0 Å². The molecule has 1 aliphatic heterocycles. The molecule has 0 radical (unpaired) electrons. The number of carbonyl (C=O) groups is 2. The Balaban J connectivity index is 1.49. The lowest BCUT2D eigenvalue weighted by molar-refractivity contribution is 0.0570. The van der Waals surface area contributed by atoms with Gasteiger partial charge in [0, 0.05) is 4.88 Å². The van der Waals surface area contributed by atoms with Crippen LogP contribution < -0.4 is 0 Å². The average Bonchev–Trinajstić information content (AvgIpc) is 3.43. The van der Waals surface area contributed by atoms with Gasteiger partial charge in [0.15, 0.2) is 11.5 Å². The maximum Gasteiger partial charge on any atom is 0.262 e. The normalized spacial score (nSPS) is 17.0. The molecule has 1 aromatic carbocycles. The quantitative estimate of drug-likeness (QED) is 0.471. The van der Waals surface area contributed by atoms with Crippen LogP contribution in [0.1, 0.15) is 69.2 Å². The van der Waals surface area contributed by atoms with E-state index in [0.717, 1.165) is 28.7 Å². The van der Waals surface area contributed by atoms with Crippen molar-refractivity contribution in [2.75, 3.05) is 0 Å². The molecule has 2 amide bonds. The lowest BCUT2D eigenvalue weighted by Crippen LogP contribution is -2.34. The number of hydrogen-bond donors (Lipinski definition) is 0. The largest absolute Gasteiger partial charge is 0.269 e. The van der Waals surface area contributed by atoms with Crippen LogP contribution in [0.4, 0.5) is 0 Å². The topological polar surface area (TPSA) is 80.5 Å². The summed E-state index contributed by atoms with van der Waals surface area (Å²) in [4.78, 5) is 39.1. The first kappa shape index (κ1) is 17.7. The zero-order chi connectivity index (χ0) is 20.4. The van der Waals surface area contributed by atoms with Gasteiger partial charge in [0.25, 0.3) is 11.8 Å². The molecule has 0 unspecified atom stereocenters. The number of amides is 2. The second-order valence-electron chi connectivity index (χ2n) is 7.82. The molecule has 1 atom stereocenters. The molecule has 1 aliphatic carbocycles. The molecule has 150 valence electrons. The number of hydrogen-bond acceptors (Lipinski definition) is 6. The zero-order valence-electron chi connectivity index (χ0n) is 16.5. The SMILES string of the molecule is CC[C@@H](c1nc2c3c4c(sc3ncn2n1)CCCC4)N1C(=O)c2ccccc2C1=O. The summed E-state index contributed by atoms with van der Waals surface area (Å²) in [6, 6.07) is 6.44. The fraction of sp³-hybridized carbons (Fsp3) is 0.318. The molecule has 0 saturated heterocycles. The lowest BCUT2D eigenvalue weighted by Gasteiger charge is -2.22. The van der Waals surface area contributed by atoms with Crippen molar-refractivity contribution in [3.63, 3.8) is 0 Å². The van der Waals surface area contributed by atoms with Crippen molar-refractivity contribution in [3.8, 4) is 0 Å². The summed E-state index contributed by atoms with van der Waals surface area (Å²) >= 11 is 1.74. The monoisotopic (exact) mass is 417 g/mol. The van der Waals surface area contributed by atoms with E-state index < -0.39 is 6.04 Å². The van der Waals surface area contributed by atoms with Crippen molar-refractivity contribution in [1.29, 1.82) is 0 Å². The van der Waals surface area contributed by atoms with Crippen LogP contribution in [0.2, 0.25) is 0 Å². The number of fused-ring (bicyclic) bond motifs is 6. The predicted octanol–water partition coefficient (Wildman–Crippen LogP) is 3.97. The van der Waals surface area contributed by atoms with Gasteiger partial charge in [0.05, 0.1) is 16.5 Å². The summed E-state index contributed by atoms with van der Waals surface area (Å²) in [5, 5.41) is 5.72. The molecule has 6 rings (SSSR count). The summed E-state index contributed by atoms with van der Waals surface area (Å²) < 4.78 is 1.69. The van der Waals surface area contributed by atoms with Gasteiger partial charge in [-0.2, -0.15) is 0 Å². The Labute approximate surface area is 176 Å². The summed E-state index contributed by atoms with van der Waals surface area (Å²) in [5.41, 5.74) is 3.00. The fourth-order valence-corrected chi connectivity index (χ4v) is 5.91. The number of carbonyl (C=O) groups excluding carboxylic acids is 2. The van der Waals surface area contributed by atoms with Crippen LogP contribution >= 0.6 is 11.3 Å². The van der Waals surface area contributed by atoms with Crippen LogP contribution in [0.5, 0.6) is 0 Å². The Hall–Kier alpha value is -3.13. The van der Waals surface area contributed by atoms with Gasteiger partial charge in [-0.15, -0.1) is 16.4 Å². The minimum atomic E-state index is -0.512. The van der Waals surface area contributed by atoms with Crippen LogP contribution in [-0.2, 0) is 12.8 Å². The third kappa shape index (κ3) is 2.34. The molecule has 2 aliphatic rings. The Morgan fingerprint density at radius 2 is 1.83 bits per heavy atom. The third-order valence-electron chi connectivity index (χ3n) is 6.13. The van der Waals surface area contributed by atoms with Crippen molar-refractivity contribution in [2.45, 2.75) is 45.1 Å².